The van der Waals surface area contributed by atoms with Crippen LogP contribution in [0.15, 0.2) is 29.4 Å². The maximum absolute atomic E-state index is 12.1. The molecule has 0 fully saturated rings. The molecule has 17 heavy (non-hydrogen) atoms. The minimum atomic E-state index is -1.01. The summed E-state index contributed by atoms with van der Waals surface area (Å²) in [4.78, 5) is 7.96. The zero-order valence-corrected chi connectivity index (χ0v) is 10.3. The lowest BCUT2D eigenvalue weighted by molar-refractivity contribution is 0.186. The fourth-order valence-electron chi connectivity index (χ4n) is 1.75. The van der Waals surface area contributed by atoms with E-state index < -0.39 is 11.2 Å². The molecule has 0 bridgehead atoms. The van der Waals surface area contributed by atoms with Gasteiger partial charge in [-0.2, -0.15) is 0 Å². The van der Waals surface area contributed by atoms with E-state index in [4.69, 9.17) is 0 Å². The Bertz CT molecular complexity index is 472. The smallest absolute Gasteiger partial charge is 0.178 e. The maximum atomic E-state index is 12.1. The Labute approximate surface area is 103 Å². The second-order valence-corrected chi connectivity index (χ2v) is 5.41. The van der Waals surface area contributed by atoms with E-state index in [2.05, 4.69) is 9.97 Å². The van der Waals surface area contributed by atoms with Gasteiger partial charge >= 0.3 is 0 Å². The third-order valence-electron chi connectivity index (χ3n) is 2.64. The van der Waals surface area contributed by atoms with E-state index in [0.717, 1.165) is 28.8 Å². The molecular formula is C12H15N2O2S. The molecule has 0 aliphatic carbocycles. The summed E-state index contributed by atoms with van der Waals surface area (Å²) in [7, 11) is 0. The topological polar surface area (TPSA) is 71.6 Å². The van der Waals surface area contributed by atoms with Crippen molar-refractivity contribution in [3.63, 3.8) is 0 Å². The molecule has 0 aliphatic rings. The second kappa shape index (κ2) is 6.05. The number of para-hydroxylation sites is 1. The normalized spacial score (nSPS) is 13.1. The minimum Gasteiger partial charge on any atom is -0.611 e. The Hall–Kier alpha value is -1.04. The average molecular weight is 251 g/mol. The van der Waals surface area contributed by atoms with E-state index in [1.807, 2.05) is 18.2 Å². The van der Waals surface area contributed by atoms with Crippen LogP contribution in [0.4, 0.5) is 0 Å². The predicted molar refractivity (Wildman–Crippen MR) is 66.8 cm³/mol. The molecule has 0 spiro atoms. The zero-order chi connectivity index (χ0) is 12.1. The average Bonchev–Trinajstić information content (AvgIpc) is 2.82. The van der Waals surface area contributed by atoms with Gasteiger partial charge in [0, 0.05) is 0 Å². The van der Waals surface area contributed by atoms with Gasteiger partial charge < -0.3 is 9.54 Å². The van der Waals surface area contributed by atoms with Gasteiger partial charge in [-0.1, -0.05) is 6.07 Å². The Balaban J connectivity index is 2.03. The Morgan fingerprint density at radius 1 is 1.29 bits per heavy atom. The number of aromatic amines is 1. The quantitative estimate of drug-likeness (QED) is 0.632. The number of imidazole rings is 1. The van der Waals surface area contributed by atoms with E-state index in [1.54, 1.807) is 6.33 Å². The van der Waals surface area contributed by atoms with Crippen molar-refractivity contribution in [1.29, 1.82) is 0 Å². The first-order valence-corrected chi connectivity index (χ1v) is 7.03. The number of nitrogens with one attached hydrogen (secondary N) is 1. The van der Waals surface area contributed by atoms with Crippen molar-refractivity contribution >= 4 is 22.2 Å². The summed E-state index contributed by atoms with van der Waals surface area (Å²) in [5.41, 5.74) is 1.70. The highest BCUT2D eigenvalue weighted by Crippen LogP contribution is 2.21. The summed E-state index contributed by atoms with van der Waals surface area (Å²) in [6.45, 7) is -0.0389. The molecule has 91 valence electrons. The van der Waals surface area contributed by atoms with Gasteiger partial charge in [0.05, 0.1) is 18.5 Å². The number of hydrogen-bond donors (Lipinski definition) is 1. The van der Waals surface area contributed by atoms with Crippen LogP contribution < -0.4 is 0 Å². The molecule has 2 rings (SSSR count). The number of aromatic nitrogens is 2. The van der Waals surface area contributed by atoms with E-state index >= 15 is 0 Å². The summed E-state index contributed by atoms with van der Waals surface area (Å²) in [6, 6.07) is 5.63. The van der Waals surface area contributed by atoms with Crippen molar-refractivity contribution in [3.05, 3.63) is 24.5 Å². The van der Waals surface area contributed by atoms with Crippen molar-refractivity contribution in [2.24, 2.45) is 0 Å². The van der Waals surface area contributed by atoms with Crippen LogP contribution in [-0.2, 0) is 16.3 Å². The van der Waals surface area contributed by atoms with Crippen LogP contribution in [0.5, 0.6) is 0 Å². The molecule has 1 radical (unpaired) electrons. The first kappa shape index (κ1) is 12.4. The van der Waals surface area contributed by atoms with Gasteiger partial charge in [0.15, 0.2) is 4.90 Å². The van der Waals surface area contributed by atoms with Gasteiger partial charge in [-0.15, -0.1) is 0 Å². The van der Waals surface area contributed by atoms with Gasteiger partial charge in [-0.25, -0.2) is 10.1 Å². The number of rotatable bonds is 6. The second-order valence-electron chi connectivity index (χ2n) is 3.87. The summed E-state index contributed by atoms with van der Waals surface area (Å²) < 4.78 is 12.1. The highest BCUT2D eigenvalue weighted by atomic mass is 32.2. The van der Waals surface area contributed by atoms with Crippen LogP contribution in [0.1, 0.15) is 19.3 Å². The van der Waals surface area contributed by atoms with Crippen LogP contribution in [0, 0.1) is 0 Å². The molecule has 1 aromatic carbocycles. The number of unbranched alkanes of at least 4 members (excludes halogenated alkanes) is 2. The summed E-state index contributed by atoms with van der Waals surface area (Å²) in [5.74, 6) is 0.609. The highest BCUT2D eigenvalue weighted by molar-refractivity contribution is 7.91. The fraction of sp³-hybridized carbons (Fsp3) is 0.417. The molecule has 1 N–H and O–H groups in total. The molecule has 0 saturated carbocycles. The predicted octanol–water partition coefficient (Wildman–Crippen LogP) is 2.27. The van der Waals surface area contributed by atoms with Crippen LogP contribution in [0.25, 0.3) is 11.0 Å². The van der Waals surface area contributed by atoms with Gasteiger partial charge in [0.1, 0.15) is 11.3 Å². The third-order valence-corrected chi connectivity index (χ3v) is 4.13. The lowest BCUT2D eigenvalue weighted by Crippen LogP contribution is -2.07. The lowest BCUT2D eigenvalue weighted by atomic mass is 10.3. The molecular weight excluding hydrogens is 236 g/mol. The summed E-state index contributed by atoms with van der Waals surface area (Å²) in [5, 5.41) is 10.3. The number of nitrogens with zero attached hydrogens (tertiary/aromatic N) is 1. The van der Waals surface area contributed by atoms with Crippen molar-refractivity contribution < 1.29 is 9.66 Å². The Kier molecular flexibility index (Phi) is 4.42. The molecule has 1 unspecified atom stereocenters. The zero-order valence-electron chi connectivity index (χ0n) is 9.52. The van der Waals surface area contributed by atoms with Crippen molar-refractivity contribution in [3.8, 4) is 0 Å². The Morgan fingerprint density at radius 3 is 3.00 bits per heavy atom. The summed E-state index contributed by atoms with van der Waals surface area (Å²) in [6.07, 6.45) is 3.97. The molecule has 0 saturated heterocycles. The number of benzene rings is 1. The van der Waals surface area contributed by atoms with Crippen molar-refractivity contribution in [2.75, 3.05) is 12.4 Å². The number of fused-ring (bicyclic) bond motifs is 1. The molecule has 5 heteroatoms. The van der Waals surface area contributed by atoms with E-state index in [-0.39, 0.29) is 6.61 Å². The van der Waals surface area contributed by atoms with Crippen molar-refractivity contribution in [1.82, 2.24) is 9.97 Å². The van der Waals surface area contributed by atoms with Crippen molar-refractivity contribution in [2.45, 2.75) is 24.2 Å². The number of H-pyrrole nitrogens is 1. The van der Waals surface area contributed by atoms with Gasteiger partial charge in [-0.05, 0) is 42.6 Å². The monoisotopic (exact) mass is 251 g/mol. The summed E-state index contributed by atoms with van der Waals surface area (Å²) >= 11 is -1.01. The minimum absolute atomic E-state index is 0.0389. The maximum Gasteiger partial charge on any atom is 0.178 e. The largest absolute Gasteiger partial charge is 0.611 e. The molecule has 4 nitrogen and oxygen atoms in total. The first-order valence-electron chi connectivity index (χ1n) is 5.71. The standard InChI is InChI=1S/C12H15N2O2S/c15-7-2-1-3-8-17(16)11-6-4-5-10-12(11)14-9-13-10/h4-6,9H,1-3,7-8H2,(H,13,14). The van der Waals surface area contributed by atoms with E-state index in [1.165, 1.54) is 0 Å². The third kappa shape index (κ3) is 3.00. The van der Waals surface area contributed by atoms with E-state index in [9.17, 15) is 9.66 Å². The molecule has 1 aromatic heterocycles. The van der Waals surface area contributed by atoms with Gasteiger partial charge in [0.25, 0.3) is 0 Å². The molecule has 1 atom stereocenters. The van der Waals surface area contributed by atoms with Gasteiger partial charge in [-0.3, -0.25) is 0 Å². The highest BCUT2D eigenvalue weighted by Gasteiger charge is 2.15. The molecule has 1 heterocycles. The molecule has 0 aliphatic heterocycles. The van der Waals surface area contributed by atoms with Crippen LogP contribution in [0.3, 0.4) is 0 Å². The fourth-order valence-corrected chi connectivity index (χ4v) is 3.06. The first-order chi connectivity index (χ1) is 8.33. The number of hydrogen-bond acceptors (Lipinski definition) is 2. The van der Waals surface area contributed by atoms with Gasteiger partial charge in [0.2, 0.25) is 0 Å². The lowest BCUT2D eigenvalue weighted by Gasteiger charge is -2.10. The molecule has 2 aromatic rings. The molecule has 0 amide bonds. The SMILES string of the molecule is [O]CCCCC[S+]([O-])c1cccc2nc[nH]c12. The Morgan fingerprint density at radius 2 is 2.18 bits per heavy atom. The van der Waals surface area contributed by atoms with Crippen LogP contribution in [0.2, 0.25) is 0 Å². The van der Waals surface area contributed by atoms with E-state index in [0.29, 0.717) is 12.2 Å². The van der Waals surface area contributed by atoms with Crippen LogP contribution in [-0.4, -0.2) is 26.9 Å². The van der Waals surface area contributed by atoms with Crippen LogP contribution >= 0.6 is 0 Å².